The van der Waals surface area contributed by atoms with Crippen LogP contribution in [0.1, 0.15) is 35.2 Å². The molecule has 0 saturated carbocycles. The van der Waals surface area contributed by atoms with Gasteiger partial charge in [0.25, 0.3) is 0 Å². The van der Waals surface area contributed by atoms with Gasteiger partial charge in [-0.2, -0.15) is 0 Å². The van der Waals surface area contributed by atoms with Gasteiger partial charge in [0.05, 0.1) is 10.9 Å². The lowest BCUT2D eigenvalue weighted by Crippen LogP contribution is -2.21. The maximum absolute atomic E-state index is 12.5. The van der Waals surface area contributed by atoms with Crippen LogP contribution >= 0.6 is 11.8 Å². The minimum atomic E-state index is 0.197. The molecule has 1 aliphatic heterocycles. The molecule has 0 amide bonds. The maximum atomic E-state index is 12.5. The number of hydrogen-bond acceptors (Lipinski definition) is 2. The van der Waals surface area contributed by atoms with Crippen molar-refractivity contribution < 1.29 is 0 Å². The first-order valence-electron chi connectivity index (χ1n) is 6.71. The van der Waals surface area contributed by atoms with E-state index in [0.717, 1.165) is 27.8 Å². The highest BCUT2D eigenvalue weighted by Gasteiger charge is 2.24. The van der Waals surface area contributed by atoms with Crippen LogP contribution in [-0.4, -0.2) is 10.3 Å². The van der Waals surface area contributed by atoms with Crippen LogP contribution in [0.5, 0.6) is 0 Å². The first-order valence-corrected chi connectivity index (χ1v) is 7.70. The number of nitrogens with zero attached hydrogens (tertiary/aromatic N) is 1. The van der Waals surface area contributed by atoms with Gasteiger partial charge in [-0.1, -0.05) is 0 Å². The van der Waals surface area contributed by atoms with E-state index in [0.29, 0.717) is 6.04 Å². The van der Waals surface area contributed by atoms with Gasteiger partial charge in [0, 0.05) is 28.5 Å². The van der Waals surface area contributed by atoms with Gasteiger partial charge in [-0.25, -0.2) is 0 Å². The topological polar surface area (TPSA) is 22.0 Å². The lowest BCUT2D eigenvalue weighted by Gasteiger charge is -2.29. The van der Waals surface area contributed by atoms with Crippen LogP contribution in [0, 0.1) is 27.7 Å². The number of hydrogen-bond donors (Lipinski definition) is 0. The highest BCUT2D eigenvalue weighted by molar-refractivity contribution is 7.99. The number of rotatable bonds is 0. The zero-order valence-corrected chi connectivity index (χ0v) is 12.9. The van der Waals surface area contributed by atoms with Crippen molar-refractivity contribution in [1.29, 1.82) is 0 Å². The van der Waals surface area contributed by atoms with Crippen LogP contribution in [0.4, 0.5) is 0 Å². The summed E-state index contributed by atoms with van der Waals surface area (Å²) < 4.78 is 2.30. The van der Waals surface area contributed by atoms with E-state index in [-0.39, 0.29) is 5.43 Å². The number of aryl methyl sites for hydroxylation is 2. The molecule has 0 radical (unpaired) electrons. The fourth-order valence-corrected chi connectivity index (χ4v) is 4.25. The molecular weight excluding hydrogens is 254 g/mol. The molecule has 0 bridgehead atoms. The molecule has 2 aromatic rings. The van der Waals surface area contributed by atoms with E-state index in [1.807, 2.05) is 24.9 Å². The van der Waals surface area contributed by atoms with Crippen LogP contribution in [0.3, 0.4) is 0 Å². The number of thioether (sulfide) groups is 1. The molecule has 2 nitrogen and oxygen atoms in total. The summed E-state index contributed by atoms with van der Waals surface area (Å²) in [5.74, 6) is 1.08. The Hall–Kier alpha value is -1.22. The molecule has 19 heavy (non-hydrogen) atoms. The average Bonchev–Trinajstić information content (AvgIpc) is 2.38. The largest absolute Gasteiger partial charge is 0.342 e. The van der Waals surface area contributed by atoms with Crippen molar-refractivity contribution in [3.05, 3.63) is 38.7 Å². The molecule has 0 saturated heterocycles. The van der Waals surface area contributed by atoms with Gasteiger partial charge in [0.2, 0.25) is 0 Å². The number of pyridine rings is 1. The van der Waals surface area contributed by atoms with E-state index in [2.05, 4.69) is 32.3 Å². The molecule has 3 rings (SSSR count). The van der Waals surface area contributed by atoms with Crippen LogP contribution in [0.25, 0.3) is 10.9 Å². The van der Waals surface area contributed by atoms with E-state index in [1.165, 1.54) is 16.0 Å². The number of benzene rings is 1. The predicted octanol–water partition coefficient (Wildman–Crippen LogP) is 3.90. The Kier molecular flexibility index (Phi) is 2.79. The normalized spacial score (nSPS) is 18.1. The van der Waals surface area contributed by atoms with Crippen molar-refractivity contribution in [3.63, 3.8) is 0 Å². The van der Waals surface area contributed by atoms with E-state index in [9.17, 15) is 4.79 Å². The Morgan fingerprint density at radius 1 is 1.16 bits per heavy atom. The van der Waals surface area contributed by atoms with Gasteiger partial charge in [-0.05, 0) is 51.3 Å². The SMILES string of the molecule is Cc1c(C)c2c3c(c1C)c(=O)c(C)cn3C(C)CS2. The summed E-state index contributed by atoms with van der Waals surface area (Å²) in [5, 5.41) is 0.928. The summed E-state index contributed by atoms with van der Waals surface area (Å²) in [6.07, 6.45) is 2.03. The zero-order valence-electron chi connectivity index (χ0n) is 12.1. The van der Waals surface area contributed by atoms with E-state index in [4.69, 9.17) is 0 Å². The maximum Gasteiger partial charge on any atom is 0.192 e. The molecule has 1 aromatic heterocycles. The fraction of sp³-hybridized carbons (Fsp3) is 0.438. The van der Waals surface area contributed by atoms with Crippen molar-refractivity contribution in [2.24, 2.45) is 0 Å². The van der Waals surface area contributed by atoms with Crippen molar-refractivity contribution in [2.75, 3.05) is 5.75 Å². The summed E-state index contributed by atoms with van der Waals surface area (Å²) in [6, 6.07) is 0.445. The van der Waals surface area contributed by atoms with Crippen molar-refractivity contribution in [3.8, 4) is 0 Å². The summed E-state index contributed by atoms with van der Waals surface area (Å²) in [7, 11) is 0. The van der Waals surface area contributed by atoms with Crippen LogP contribution < -0.4 is 5.43 Å². The fourth-order valence-electron chi connectivity index (χ4n) is 2.97. The third kappa shape index (κ3) is 1.61. The minimum absolute atomic E-state index is 0.197. The standard InChI is InChI=1S/C16H19NOS/c1-8-6-17-9(2)7-19-16-12(5)10(3)11(4)13(14(16)17)15(8)18/h6,9H,7H2,1-5H3. The third-order valence-electron chi connectivity index (χ3n) is 4.41. The molecule has 1 aromatic carbocycles. The molecule has 1 atom stereocenters. The molecule has 100 valence electrons. The van der Waals surface area contributed by atoms with E-state index < -0.39 is 0 Å². The van der Waals surface area contributed by atoms with Crippen molar-refractivity contribution in [2.45, 2.75) is 45.6 Å². The van der Waals surface area contributed by atoms with Crippen LogP contribution in [-0.2, 0) is 0 Å². The second-order valence-corrected chi connectivity index (χ2v) is 6.67. The number of aromatic nitrogens is 1. The lowest BCUT2D eigenvalue weighted by molar-refractivity contribution is 0.614. The molecule has 1 aliphatic rings. The molecule has 0 aliphatic carbocycles. The van der Waals surface area contributed by atoms with Crippen LogP contribution in [0.2, 0.25) is 0 Å². The van der Waals surface area contributed by atoms with Crippen molar-refractivity contribution in [1.82, 2.24) is 4.57 Å². The zero-order chi connectivity index (χ0) is 13.9. The summed E-state index contributed by atoms with van der Waals surface area (Å²) in [4.78, 5) is 13.8. The Balaban J connectivity index is 2.66. The van der Waals surface area contributed by atoms with Gasteiger partial charge >= 0.3 is 0 Å². The van der Waals surface area contributed by atoms with E-state index >= 15 is 0 Å². The molecular formula is C16H19NOS. The first-order chi connectivity index (χ1) is 8.93. The van der Waals surface area contributed by atoms with Crippen molar-refractivity contribution >= 4 is 22.7 Å². The Morgan fingerprint density at radius 3 is 2.53 bits per heavy atom. The predicted molar refractivity (Wildman–Crippen MR) is 82.6 cm³/mol. The summed E-state index contributed by atoms with van der Waals surface area (Å²) in [6.45, 7) is 10.5. The molecule has 3 heteroatoms. The molecule has 0 N–H and O–H groups in total. The van der Waals surface area contributed by atoms with Crippen LogP contribution in [0.15, 0.2) is 15.9 Å². The van der Waals surface area contributed by atoms with E-state index in [1.54, 1.807) is 0 Å². The third-order valence-corrected chi connectivity index (χ3v) is 5.85. The molecule has 0 spiro atoms. The van der Waals surface area contributed by atoms with Gasteiger partial charge in [0.1, 0.15) is 0 Å². The monoisotopic (exact) mass is 273 g/mol. The van der Waals surface area contributed by atoms with Gasteiger partial charge in [-0.15, -0.1) is 11.8 Å². The quantitative estimate of drug-likeness (QED) is 0.726. The molecule has 0 fully saturated rings. The molecule has 2 heterocycles. The van der Waals surface area contributed by atoms with Gasteiger partial charge in [-0.3, -0.25) is 4.79 Å². The average molecular weight is 273 g/mol. The Morgan fingerprint density at radius 2 is 1.84 bits per heavy atom. The summed E-state index contributed by atoms with van der Waals surface area (Å²) >= 11 is 1.89. The second kappa shape index (κ2) is 4.14. The first kappa shape index (κ1) is 12.8. The Bertz CT molecular complexity index is 758. The van der Waals surface area contributed by atoms with Gasteiger partial charge in [0.15, 0.2) is 5.43 Å². The highest BCUT2D eigenvalue weighted by Crippen LogP contribution is 2.40. The Labute approximate surface area is 117 Å². The minimum Gasteiger partial charge on any atom is -0.342 e. The molecule has 1 unspecified atom stereocenters. The second-order valence-electron chi connectivity index (χ2n) is 5.64. The summed E-state index contributed by atoms with van der Waals surface area (Å²) in [5.41, 5.74) is 5.94. The van der Waals surface area contributed by atoms with Gasteiger partial charge < -0.3 is 4.57 Å². The smallest absolute Gasteiger partial charge is 0.192 e. The lowest BCUT2D eigenvalue weighted by atomic mass is 9.97. The highest BCUT2D eigenvalue weighted by atomic mass is 32.2.